The Kier molecular flexibility index (Phi) is 3.97. The summed E-state index contributed by atoms with van der Waals surface area (Å²) < 4.78 is 15.4. The molecule has 1 aromatic carbocycles. The van der Waals surface area contributed by atoms with Gasteiger partial charge in [0.05, 0.1) is 27.4 Å². The van der Waals surface area contributed by atoms with Gasteiger partial charge in [-0.1, -0.05) is 0 Å². The lowest BCUT2D eigenvalue weighted by Crippen LogP contribution is -2.08. The predicted octanol–water partition coefficient (Wildman–Crippen LogP) is 1.24. The van der Waals surface area contributed by atoms with Crippen molar-refractivity contribution in [3.63, 3.8) is 0 Å². The van der Waals surface area contributed by atoms with Crippen LogP contribution in [0.15, 0.2) is 12.1 Å². The van der Waals surface area contributed by atoms with E-state index >= 15 is 0 Å². The standard InChI is InChI=1S/C11H14N2O3/c1-14-9-4-7(8(13)6-12)5-10(15-2)11(9)16-3/h4-5,8H,13H2,1-3H3. The zero-order valence-corrected chi connectivity index (χ0v) is 9.48. The van der Waals surface area contributed by atoms with Crippen molar-refractivity contribution in [1.29, 1.82) is 5.26 Å². The lowest BCUT2D eigenvalue weighted by atomic mass is 10.1. The molecule has 2 N–H and O–H groups in total. The van der Waals surface area contributed by atoms with E-state index < -0.39 is 6.04 Å². The van der Waals surface area contributed by atoms with E-state index in [-0.39, 0.29) is 0 Å². The van der Waals surface area contributed by atoms with E-state index in [4.69, 9.17) is 25.2 Å². The van der Waals surface area contributed by atoms with Gasteiger partial charge in [0.2, 0.25) is 5.75 Å². The molecule has 0 aliphatic carbocycles. The van der Waals surface area contributed by atoms with E-state index in [1.807, 2.05) is 6.07 Å². The van der Waals surface area contributed by atoms with E-state index in [9.17, 15) is 0 Å². The van der Waals surface area contributed by atoms with Crippen molar-refractivity contribution in [3.05, 3.63) is 17.7 Å². The molecule has 0 fully saturated rings. The largest absolute Gasteiger partial charge is 0.493 e. The maximum absolute atomic E-state index is 8.75. The molecule has 0 aliphatic heterocycles. The quantitative estimate of drug-likeness (QED) is 0.829. The molecule has 5 heteroatoms. The molecular formula is C11H14N2O3. The summed E-state index contributed by atoms with van der Waals surface area (Å²) in [5, 5.41) is 8.75. The predicted molar refractivity (Wildman–Crippen MR) is 58.6 cm³/mol. The molecule has 1 unspecified atom stereocenters. The van der Waals surface area contributed by atoms with Gasteiger partial charge in [0.15, 0.2) is 11.5 Å². The van der Waals surface area contributed by atoms with Crippen molar-refractivity contribution in [2.45, 2.75) is 6.04 Å². The minimum Gasteiger partial charge on any atom is -0.493 e. The number of hydrogen-bond acceptors (Lipinski definition) is 5. The van der Waals surface area contributed by atoms with Crippen LogP contribution in [0.2, 0.25) is 0 Å². The van der Waals surface area contributed by atoms with Crippen molar-refractivity contribution in [2.24, 2.45) is 5.73 Å². The maximum Gasteiger partial charge on any atom is 0.203 e. The van der Waals surface area contributed by atoms with Gasteiger partial charge >= 0.3 is 0 Å². The number of rotatable bonds is 4. The van der Waals surface area contributed by atoms with Gasteiger partial charge in [-0.25, -0.2) is 0 Å². The van der Waals surface area contributed by atoms with Crippen LogP contribution >= 0.6 is 0 Å². The summed E-state index contributed by atoms with van der Waals surface area (Å²) in [6, 6.07) is 4.56. The number of hydrogen-bond donors (Lipinski definition) is 1. The summed E-state index contributed by atoms with van der Waals surface area (Å²) >= 11 is 0. The van der Waals surface area contributed by atoms with Crippen LogP contribution in [0.3, 0.4) is 0 Å². The minimum absolute atomic E-state index is 0.485. The average Bonchev–Trinajstić information content (AvgIpc) is 2.35. The van der Waals surface area contributed by atoms with Crippen LogP contribution in [0, 0.1) is 11.3 Å². The van der Waals surface area contributed by atoms with Crippen LogP contribution in [0.25, 0.3) is 0 Å². The smallest absolute Gasteiger partial charge is 0.203 e. The second-order valence-corrected chi connectivity index (χ2v) is 3.07. The molecule has 86 valence electrons. The fourth-order valence-electron chi connectivity index (χ4n) is 1.36. The van der Waals surface area contributed by atoms with Crippen LogP contribution in [-0.2, 0) is 0 Å². The highest BCUT2D eigenvalue weighted by Gasteiger charge is 2.15. The van der Waals surface area contributed by atoms with Crippen molar-refractivity contribution >= 4 is 0 Å². The van der Waals surface area contributed by atoms with E-state index in [0.29, 0.717) is 22.8 Å². The first kappa shape index (κ1) is 12.1. The van der Waals surface area contributed by atoms with E-state index in [1.54, 1.807) is 12.1 Å². The Labute approximate surface area is 94.3 Å². The molecule has 1 aromatic rings. The van der Waals surface area contributed by atoms with E-state index in [2.05, 4.69) is 0 Å². The average molecular weight is 222 g/mol. The number of ether oxygens (including phenoxy) is 3. The molecule has 1 rings (SSSR count). The number of nitrogens with two attached hydrogens (primary N) is 1. The summed E-state index contributed by atoms with van der Waals surface area (Å²) in [4.78, 5) is 0. The van der Waals surface area contributed by atoms with E-state index in [1.165, 1.54) is 21.3 Å². The Morgan fingerprint density at radius 3 is 1.94 bits per heavy atom. The molecule has 0 saturated carbocycles. The van der Waals surface area contributed by atoms with Crippen LogP contribution in [0.4, 0.5) is 0 Å². The number of nitrogens with zero attached hydrogens (tertiary/aromatic N) is 1. The Bertz CT molecular complexity index is 387. The monoisotopic (exact) mass is 222 g/mol. The summed E-state index contributed by atoms with van der Waals surface area (Å²) in [5.41, 5.74) is 6.24. The molecule has 0 radical (unpaired) electrons. The molecular weight excluding hydrogens is 208 g/mol. The molecule has 0 saturated heterocycles. The van der Waals surface area contributed by atoms with Gasteiger partial charge in [-0.15, -0.1) is 0 Å². The lowest BCUT2D eigenvalue weighted by molar-refractivity contribution is 0.323. The number of benzene rings is 1. The fraction of sp³-hybridized carbons (Fsp3) is 0.364. The van der Waals surface area contributed by atoms with Gasteiger partial charge in [0.1, 0.15) is 6.04 Å². The zero-order valence-electron chi connectivity index (χ0n) is 9.48. The van der Waals surface area contributed by atoms with Gasteiger partial charge in [-0.3, -0.25) is 0 Å². The molecule has 0 bridgehead atoms. The van der Waals surface area contributed by atoms with Gasteiger partial charge in [0, 0.05) is 0 Å². The molecule has 0 heterocycles. The highest BCUT2D eigenvalue weighted by atomic mass is 16.5. The minimum atomic E-state index is -0.714. The summed E-state index contributed by atoms with van der Waals surface area (Å²) in [5.74, 6) is 1.46. The molecule has 1 atom stereocenters. The van der Waals surface area contributed by atoms with Crippen molar-refractivity contribution < 1.29 is 14.2 Å². The molecule has 16 heavy (non-hydrogen) atoms. The Balaban J connectivity index is 3.32. The van der Waals surface area contributed by atoms with Crippen LogP contribution < -0.4 is 19.9 Å². The van der Waals surface area contributed by atoms with Crippen molar-refractivity contribution in [2.75, 3.05) is 21.3 Å². The van der Waals surface area contributed by atoms with Crippen molar-refractivity contribution in [1.82, 2.24) is 0 Å². The third kappa shape index (κ3) is 2.18. The molecule has 0 aromatic heterocycles. The zero-order chi connectivity index (χ0) is 12.1. The number of methoxy groups -OCH3 is 3. The summed E-state index contributed by atoms with van der Waals surface area (Å²) in [6.45, 7) is 0. The first-order valence-corrected chi connectivity index (χ1v) is 4.63. The Morgan fingerprint density at radius 1 is 1.12 bits per heavy atom. The van der Waals surface area contributed by atoms with Gasteiger partial charge in [0.25, 0.3) is 0 Å². The molecule has 0 aliphatic rings. The Hall–Kier alpha value is -1.93. The van der Waals surface area contributed by atoms with Crippen LogP contribution in [-0.4, -0.2) is 21.3 Å². The summed E-state index contributed by atoms with van der Waals surface area (Å²) in [7, 11) is 4.54. The van der Waals surface area contributed by atoms with Crippen LogP contribution in [0.5, 0.6) is 17.2 Å². The third-order valence-corrected chi connectivity index (χ3v) is 2.19. The highest BCUT2D eigenvalue weighted by molar-refractivity contribution is 5.54. The maximum atomic E-state index is 8.75. The van der Waals surface area contributed by atoms with Crippen LogP contribution in [0.1, 0.15) is 11.6 Å². The lowest BCUT2D eigenvalue weighted by Gasteiger charge is -2.14. The van der Waals surface area contributed by atoms with Gasteiger partial charge in [-0.2, -0.15) is 5.26 Å². The second kappa shape index (κ2) is 5.24. The topological polar surface area (TPSA) is 77.5 Å². The first-order valence-electron chi connectivity index (χ1n) is 4.63. The third-order valence-electron chi connectivity index (χ3n) is 2.19. The normalized spacial score (nSPS) is 11.4. The molecule has 0 amide bonds. The molecule has 0 spiro atoms. The number of nitriles is 1. The fourth-order valence-corrected chi connectivity index (χ4v) is 1.36. The Morgan fingerprint density at radius 2 is 1.62 bits per heavy atom. The highest BCUT2D eigenvalue weighted by Crippen LogP contribution is 2.39. The van der Waals surface area contributed by atoms with Gasteiger partial charge < -0.3 is 19.9 Å². The van der Waals surface area contributed by atoms with E-state index in [0.717, 1.165) is 0 Å². The SMILES string of the molecule is COc1cc(C(N)C#N)cc(OC)c1OC. The summed E-state index contributed by atoms with van der Waals surface area (Å²) in [6.07, 6.45) is 0. The molecule has 5 nitrogen and oxygen atoms in total. The van der Waals surface area contributed by atoms with Crippen molar-refractivity contribution in [3.8, 4) is 23.3 Å². The van der Waals surface area contributed by atoms with Gasteiger partial charge in [-0.05, 0) is 17.7 Å². The first-order chi connectivity index (χ1) is 7.67. The second-order valence-electron chi connectivity index (χ2n) is 3.07.